The molecule has 0 aromatic heterocycles. The predicted molar refractivity (Wildman–Crippen MR) is 142 cm³/mol. The van der Waals surface area contributed by atoms with Crippen molar-refractivity contribution in [2.24, 2.45) is 0 Å². The minimum atomic E-state index is -0.226. The number of benzene rings is 3. The van der Waals surface area contributed by atoms with Crippen LogP contribution in [0.15, 0.2) is 78.9 Å². The average molecular weight is 485 g/mol. The number of amides is 3. The van der Waals surface area contributed by atoms with Gasteiger partial charge in [-0.2, -0.15) is 0 Å². The summed E-state index contributed by atoms with van der Waals surface area (Å²) in [6.45, 7) is 3.57. The first-order valence-electron chi connectivity index (χ1n) is 12.4. The molecule has 1 heterocycles. The van der Waals surface area contributed by atoms with Crippen molar-refractivity contribution in [3.8, 4) is 0 Å². The van der Waals surface area contributed by atoms with Crippen LogP contribution in [0.25, 0.3) is 0 Å². The predicted octanol–water partition coefficient (Wildman–Crippen LogP) is 4.85. The van der Waals surface area contributed by atoms with Crippen LogP contribution in [0.3, 0.4) is 0 Å². The first-order chi connectivity index (χ1) is 17.5. The van der Waals surface area contributed by atoms with Crippen LogP contribution >= 0.6 is 0 Å². The molecule has 3 amide bonds. The lowest BCUT2D eigenvalue weighted by atomic mass is 10.1. The van der Waals surface area contributed by atoms with Crippen LogP contribution < -0.4 is 16.0 Å². The highest BCUT2D eigenvalue weighted by atomic mass is 16.2. The second kappa shape index (κ2) is 12.0. The maximum atomic E-state index is 12.7. The zero-order valence-electron chi connectivity index (χ0n) is 20.5. The summed E-state index contributed by atoms with van der Waals surface area (Å²) in [5.41, 5.74) is 3.48. The van der Waals surface area contributed by atoms with Gasteiger partial charge in [-0.1, -0.05) is 36.4 Å². The zero-order valence-corrected chi connectivity index (χ0v) is 20.5. The van der Waals surface area contributed by atoms with Crippen LogP contribution in [0.1, 0.15) is 58.5 Å². The molecule has 3 N–H and O–H groups in total. The SMILES string of the molecule is CC(NC(=O)c1ccc(NCC(=O)Nc2cccc(C(=O)N3CCCCC3)c2)cc1)c1ccccc1. The number of nitrogens with zero attached hydrogens (tertiary/aromatic N) is 1. The molecule has 3 aromatic rings. The van der Waals surface area contributed by atoms with Gasteiger partial charge in [-0.05, 0) is 74.2 Å². The second-order valence-electron chi connectivity index (χ2n) is 9.02. The van der Waals surface area contributed by atoms with Gasteiger partial charge in [0.1, 0.15) is 0 Å². The second-order valence-corrected chi connectivity index (χ2v) is 9.02. The topological polar surface area (TPSA) is 90.5 Å². The molecule has 3 aromatic carbocycles. The van der Waals surface area contributed by atoms with Gasteiger partial charge in [0.05, 0.1) is 12.6 Å². The molecular formula is C29H32N4O3. The van der Waals surface area contributed by atoms with Gasteiger partial charge in [-0.25, -0.2) is 0 Å². The largest absolute Gasteiger partial charge is 0.376 e. The number of anilines is 2. The molecule has 0 spiro atoms. The van der Waals surface area contributed by atoms with Gasteiger partial charge in [-0.3, -0.25) is 14.4 Å². The van der Waals surface area contributed by atoms with Crippen LogP contribution in [-0.2, 0) is 4.79 Å². The Morgan fingerprint density at radius 2 is 1.53 bits per heavy atom. The standard InChI is InChI=1S/C29H32N4O3/c1-21(22-9-4-2-5-10-22)31-28(35)23-13-15-25(16-14-23)30-20-27(34)32-26-12-8-11-24(19-26)29(36)33-17-6-3-7-18-33/h2,4-5,8-16,19,21,30H,3,6-7,17-18,20H2,1H3,(H,31,35)(H,32,34). The molecular weight excluding hydrogens is 452 g/mol. The summed E-state index contributed by atoms with van der Waals surface area (Å²) in [5.74, 6) is -0.378. The van der Waals surface area contributed by atoms with E-state index in [0.717, 1.165) is 43.6 Å². The Hall–Kier alpha value is -4.13. The summed E-state index contributed by atoms with van der Waals surface area (Å²) < 4.78 is 0. The quantitative estimate of drug-likeness (QED) is 0.426. The molecule has 0 saturated carbocycles. The fraction of sp³-hybridized carbons (Fsp3) is 0.276. The minimum absolute atomic E-state index is 0.00575. The maximum absolute atomic E-state index is 12.7. The Balaban J connectivity index is 1.26. The van der Waals surface area contributed by atoms with Crippen molar-refractivity contribution < 1.29 is 14.4 Å². The Kier molecular flexibility index (Phi) is 8.34. The zero-order chi connectivity index (χ0) is 25.3. The normalized spacial score (nSPS) is 14.0. The van der Waals surface area contributed by atoms with E-state index in [0.29, 0.717) is 16.8 Å². The first kappa shape index (κ1) is 25.0. The summed E-state index contributed by atoms with van der Waals surface area (Å²) in [4.78, 5) is 39.6. The Morgan fingerprint density at radius 3 is 2.25 bits per heavy atom. The summed E-state index contributed by atoms with van der Waals surface area (Å²) >= 11 is 0. The molecule has 7 heteroatoms. The summed E-state index contributed by atoms with van der Waals surface area (Å²) in [6, 6.07) is 23.7. The minimum Gasteiger partial charge on any atom is -0.376 e. The molecule has 1 fully saturated rings. The number of carbonyl (C=O) groups excluding carboxylic acids is 3. The lowest BCUT2D eigenvalue weighted by Gasteiger charge is -2.26. The molecule has 1 saturated heterocycles. The molecule has 4 rings (SSSR count). The molecule has 0 radical (unpaired) electrons. The maximum Gasteiger partial charge on any atom is 0.253 e. The Bertz CT molecular complexity index is 1190. The smallest absolute Gasteiger partial charge is 0.253 e. The average Bonchev–Trinajstić information content (AvgIpc) is 2.93. The van der Waals surface area contributed by atoms with Crippen molar-refractivity contribution in [3.63, 3.8) is 0 Å². The van der Waals surface area contributed by atoms with Gasteiger partial charge < -0.3 is 20.9 Å². The summed E-state index contributed by atoms with van der Waals surface area (Å²) in [7, 11) is 0. The van der Waals surface area contributed by atoms with E-state index in [-0.39, 0.29) is 30.3 Å². The fourth-order valence-corrected chi connectivity index (χ4v) is 4.24. The highest BCUT2D eigenvalue weighted by Gasteiger charge is 2.18. The van der Waals surface area contributed by atoms with Crippen LogP contribution in [0.2, 0.25) is 0 Å². The summed E-state index contributed by atoms with van der Waals surface area (Å²) in [5, 5.41) is 8.90. The van der Waals surface area contributed by atoms with E-state index in [1.807, 2.05) is 42.2 Å². The molecule has 36 heavy (non-hydrogen) atoms. The van der Waals surface area contributed by atoms with Gasteiger partial charge in [-0.15, -0.1) is 0 Å². The molecule has 1 atom stereocenters. The molecule has 0 bridgehead atoms. The van der Waals surface area contributed by atoms with E-state index in [4.69, 9.17) is 0 Å². The highest BCUT2D eigenvalue weighted by Crippen LogP contribution is 2.17. The molecule has 1 unspecified atom stereocenters. The first-order valence-corrected chi connectivity index (χ1v) is 12.4. The lowest BCUT2D eigenvalue weighted by molar-refractivity contribution is -0.114. The Morgan fingerprint density at radius 1 is 0.806 bits per heavy atom. The van der Waals surface area contributed by atoms with Crippen molar-refractivity contribution >= 4 is 29.1 Å². The third-order valence-electron chi connectivity index (χ3n) is 6.28. The van der Waals surface area contributed by atoms with Gasteiger partial charge in [0, 0.05) is 35.6 Å². The van der Waals surface area contributed by atoms with E-state index in [2.05, 4.69) is 16.0 Å². The van der Waals surface area contributed by atoms with Crippen molar-refractivity contribution in [3.05, 3.63) is 95.6 Å². The van der Waals surface area contributed by atoms with E-state index in [1.54, 1.807) is 48.5 Å². The van der Waals surface area contributed by atoms with Crippen LogP contribution in [0, 0.1) is 0 Å². The van der Waals surface area contributed by atoms with E-state index in [9.17, 15) is 14.4 Å². The van der Waals surface area contributed by atoms with Gasteiger partial charge in [0.2, 0.25) is 5.91 Å². The number of hydrogen-bond donors (Lipinski definition) is 3. The third kappa shape index (κ3) is 6.72. The fourth-order valence-electron chi connectivity index (χ4n) is 4.24. The van der Waals surface area contributed by atoms with E-state index >= 15 is 0 Å². The Labute approximate surface area is 211 Å². The lowest BCUT2D eigenvalue weighted by Crippen LogP contribution is -2.35. The van der Waals surface area contributed by atoms with Gasteiger partial charge in [0.25, 0.3) is 11.8 Å². The van der Waals surface area contributed by atoms with Crippen LogP contribution in [0.5, 0.6) is 0 Å². The molecule has 1 aliphatic heterocycles. The van der Waals surface area contributed by atoms with E-state index in [1.165, 1.54) is 0 Å². The summed E-state index contributed by atoms with van der Waals surface area (Å²) in [6.07, 6.45) is 3.23. The van der Waals surface area contributed by atoms with Crippen molar-refractivity contribution in [1.29, 1.82) is 0 Å². The molecule has 1 aliphatic rings. The monoisotopic (exact) mass is 484 g/mol. The van der Waals surface area contributed by atoms with Crippen molar-refractivity contribution in [2.45, 2.75) is 32.2 Å². The number of likely N-dealkylation sites (tertiary alicyclic amines) is 1. The number of rotatable bonds is 8. The molecule has 186 valence electrons. The molecule has 0 aliphatic carbocycles. The van der Waals surface area contributed by atoms with E-state index < -0.39 is 0 Å². The van der Waals surface area contributed by atoms with Gasteiger partial charge in [0.15, 0.2) is 0 Å². The van der Waals surface area contributed by atoms with Gasteiger partial charge >= 0.3 is 0 Å². The number of nitrogens with one attached hydrogen (secondary N) is 3. The van der Waals surface area contributed by atoms with Crippen molar-refractivity contribution in [2.75, 3.05) is 30.3 Å². The van der Waals surface area contributed by atoms with Crippen LogP contribution in [-0.4, -0.2) is 42.3 Å². The number of piperidine rings is 1. The third-order valence-corrected chi connectivity index (χ3v) is 6.28. The van der Waals surface area contributed by atoms with Crippen LogP contribution in [0.4, 0.5) is 11.4 Å². The number of hydrogen-bond acceptors (Lipinski definition) is 4. The molecule has 7 nitrogen and oxygen atoms in total. The highest BCUT2D eigenvalue weighted by molar-refractivity contribution is 5.98. The van der Waals surface area contributed by atoms with Crippen molar-refractivity contribution in [1.82, 2.24) is 10.2 Å². The number of carbonyl (C=O) groups is 3.